The van der Waals surface area contributed by atoms with Crippen molar-refractivity contribution >= 4 is 33.1 Å². The van der Waals surface area contributed by atoms with Gasteiger partial charge in [0.2, 0.25) is 0 Å². The summed E-state index contributed by atoms with van der Waals surface area (Å²) in [4.78, 5) is 2.81. The number of aromatic amines is 1. The van der Waals surface area contributed by atoms with E-state index in [-0.39, 0.29) is 23.4 Å². The number of halogens is 1. The van der Waals surface area contributed by atoms with Crippen molar-refractivity contribution in [2.45, 2.75) is 12.5 Å². The first kappa shape index (κ1) is 11.9. The van der Waals surface area contributed by atoms with Gasteiger partial charge in [-0.1, -0.05) is 6.07 Å². The van der Waals surface area contributed by atoms with Crippen LogP contribution in [0.25, 0.3) is 11.0 Å². The van der Waals surface area contributed by atoms with E-state index in [0.717, 1.165) is 0 Å². The van der Waals surface area contributed by atoms with Gasteiger partial charge >= 0.3 is 0 Å². The van der Waals surface area contributed by atoms with Crippen LogP contribution < -0.4 is 0 Å². The fourth-order valence-corrected chi connectivity index (χ4v) is 4.50. The molecule has 7 heteroatoms. The minimum absolute atomic E-state index is 0.0742. The molecule has 1 unspecified atom stereocenters. The van der Waals surface area contributed by atoms with Crippen LogP contribution in [0.5, 0.6) is 0 Å². The van der Waals surface area contributed by atoms with Gasteiger partial charge in [-0.2, -0.15) is 0 Å². The van der Waals surface area contributed by atoms with E-state index in [2.05, 4.69) is 4.98 Å². The van der Waals surface area contributed by atoms with Crippen molar-refractivity contribution in [3.05, 3.63) is 28.8 Å². The first-order valence-electron chi connectivity index (χ1n) is 5.57. The van der Waals surface area contributed by atoms with Crippen LogP contribution in [0.15, 0.2) is 18.2 Å². The summed E-state index contributed by atoms with van der Waals surface area (Å²) in [6.07, 6.45) is 0.528. The molecule has 1 aliphatic heterocycles. The largest absolute Gasteiger partial charge is 0.328 e. The van der Waals surface area contributed by atoms with Crippen molar-refractivity contribution in [2.75, 3.05) is 11.5 Å². The summed E-state index contributed by atoms with van der Waals surface area (Å²) in [5, 5.41) is 0. The Morgan fingerprint density at radius 1 is 1.44 bits per heavy atom. The highest BCUT2D eigenvalue weighted by atomic mass is 32.2. The molecule has 1 atom stereocenters. The van der Waals surface area contributed by atoms with Crippen LogP contribution in [-0.2, 0) is 9.84 Å². The van der Waals surface area contributed by atoms with Crippen LogP contribution >= 0.6 is 12.2 Å². The number of benzene rings is 1. The number of aromatic nitrogens is 2. The SMILES string of the molecule is O=S1(=O)CCC(n2c(=S)[nH]c3c(F)cccc32)C1. The third-order valence-corrected chi connectivity index (χ3v) is 5.32. The fourth-order valence-electron chi connectivity index (χ4n) is 2.46. The van der Waals surface area contributed by atoms with Gasteiger partial charge in [-0.3, -0.25) is 0 Å². The van der Waals surface area contributed by atoms with Crippen LogP contribution in [0.3, 0.4) is 0 Å². The topological polar surface area (TPSA) is 54.9 Å². The van der Waals surface area contributed by atoms with E-state index in [4.69, 9.17) is 12.2 Å². The number of nitrogens with zero attached hydrogens (tertiary/aromatic N) is 1. The summed E-state index contributed by atoms with van der Waals surface area (Å²) in [7, 11) is -2.99. The average molecular weight is 286 g/mol. The van der Waals surface area contributed by atoms with Crippen molar-refractivity contribution in [3.63, 3.8) is 0 Å². The molecule has 0 radical (unpaired) electrons. The molecule has 18 heavy (non-hydrogen) atoms. The molecule has 1 aliphatic rings. The number of fused-ring (bicyclic) bond motifs is 1. The molecule has 0 spiro atoms. The quantitative estimate of drug-likeness (QED) is 0.818. The molecule has 1 aromatic carbocycles. The Hall–Kier alpha value is -1.21. The third kappa shape index (κ3) is 1.78. The van der Waals surface area contributed by atoms with E-state index < -0.39 is 9.84 Å². The molecular formula is C11H11FN2O2S2. The molecule has 0 bridgehead atoms. The predicted octanol–water partition coefficient (Wildman–Crippen LogP) is 2.20. The molecule has 2 heterocycles. The van der Waals surface area contributed by atoms with Gasteiger partial charge in [-0.15, -0.1) is 0 Å². The first-order valence-corrected chi connectivity index (χ1v) is 7.80. The van der Waals surface area contributed by atoms with Crippen molar-refractivity contribution in [3.8, 4) is 0 Å². The molecule has 0 saturated carbocycles. The number of hydrogen-bond acceptors (Lipinski definition) is 3. The van der Waals surface area contributed by atoms with Gasteiger partial charge in [0.1, 0.15) is 11.3 Å². The molecule has 1 fully saturated rings. The van der Waals surface area contributed by atoms with Crippen molar-refractivity contribution in [1.29, 1.82) is 0 Å². The summed E-state index contributed by atoms with van der Waals surface area (Å²) in [6.45, 7) is 0. The highest BCUT2D eigenvalue weighted by molar-refractivity contribution is 7.91. The summed E-state index contributed by atoms with van der Waals surface area (Å²) in [5.41, 5.74) is 0.967. The molecular weight excluding hydrogens is 275 g/mol. The van der Waals surface area contributed by atoms with E-state index in [1.165, 1.54) is 6.07 Å². The average Bonchev–Trinajstić information content (AvgIpc) is 2.79. The molecule has 0 aliphatic carbocycles. The maximum absolute atomic E-state index is 13.6. The van der Waals surface area contributed by atoms with E-state index in [0.29, 0.717) is 22.2 Å². The van der Waals surface area contributed by atoms with E-state index in [1.54, 1.807) is 16.7 Å². The van der Waals surface area contributed by atoms with Crippen molar-refractivity contribution in [1.82, 2.24) is 9.55 Å². The molecule has 4 nitrogen and oxygen atoms in total. The standard InChI is InChI=1S/C11H11FN2O2S2/c12-8-2-1-3-9-10(8)13-11(17)14(9)7-4-5-18(15,16)6-7/h1-3,7H,4-6H2,(H,13,17). The number of H-pyrrole nitrogens is 1. The zero-order valence-electron chi connectivity index (χ0n) is 9.39. The smallest absolute Gasteiger partial charge is 0.178 e. The molecule has 0 amide bonds. The van der Waals surface area contributed by atoms with Gasteiger partial charge in [0.15, 0.2) is 14.6 Å². The summed E-state index contributed by atoms with van der Waals surface area (Å²) >= 11 is 5.17. The number of rotatable bonds is 1. The van der Waals surface area contributed by atoms with E-state index in [1.807, 2.05) is 0 Å². The zero-order valence-corrected chi connectivity index (χ0v) is 11.0. The number of imidazole rings is 1. The maximum Gasteiger partial charge on any atom is 0.178 e. The lowest BCUT2D eigenvalue weighted by molar-refractivity contribution is 0.563. The highest BCUT2D eigenvalue weighted by Gasteiger charge is 2.30. The lowest BCUT2D eigenvalue weighted by Crippen LogP contribution is -2.10. The molecule has 1 N–H and O–H groups in total. The fraction of sp³-hybridized carbons (Fsp3) is 0.364. The van der Waals surface area contributed by atoms with Crippen molar-refractivity contribution in [2.24, 2.45) is 0 Å². The van der Waals surface area contributed by atoms with Gasteiger partial charge in [0, 0.05) is 0 Å². The van der Waals surface area contributed by atoms with Crippen LogP contribution in [0.4, 0.5) is 4.39 Å². The minimum atomic E-state index is -2.99. The van der Waals surface area contributed by atoms with Gasteiger partial charge in [0.05, 0.1) is 23.1 Å². The number of nitrogens with one attached hydrogen (secondary N) is 1. The molecule has 1 aromatic heterocycles. The number of sulfone groups is 1. The second-order valence-corrected chi connectivity index (χ2v) is 7.11. The summed E-state index contributed by atoms with van der Waals surface area (Å²) < 4.78 is 38.7. The summed E-state index contributed by atoms with van der Waals surface area (Å²) in [6, 6.07) is 4.50. The van der Waals surface area contributed by atoms with Gasteiger partial charge in [-0.05, 0) is 30.8 Å². The predicted molar refractivity (Wildman–Crippen MR) is 69.4 cm³/mol. The monoisotopic (exact) mass is 286 g/mol. The van der Waals surface area contributed by atoms with E-state index >= 15 is 0 Å². The highest BCUT2D eigenvalue weighted by Crippen LogP contribution is 2.28. The number of hydrogen-bond donors (Lipinski definition) is 1. The van der Waals surface area contributed by atoms with Crippen LogP contribution in [0, 0.1) is 10.6 Å². The number of para-hydroxylation sites is 1. The molecule has 3 rings (SSSR count). The Kier molecular flexibility index (Phi) is 2.56. The lowest BCUT2D eigenvalue weighted by atomic mass is 10.2. The zero-order chi connectivity index (χ0) is 12.9. The van der Waals surface area contributed by atoms with Gasteiger partial charge in [-0.25, -0.2) is 12.8 Å². The summed E-state index contributed by atoms with van der Waals surface area (Å²) in [5.74, 6) is -0.134. The molecule has 96 valence electrons. The molecule has 2 aromatic rings. The molecule has 1 saturated heterocycles. The van der Waals surface area contributed by atoms with Crippen LogP contribution in [-0.4, -0.2) is 29.5 Å². The second-order valence-electron chi connectivity index (χ2n) is 4.49. The Bertz CT molecular complexity index is 776. The minimum Gasteiger partial charge on any atom is -0.328 e. The van der Waals surface area contributed by atoms with Crippen LogP contribution in [0.1, 0.15) is 12.5 Å². The van der Waals surface area contributed by atoms with Gasteiger partial charge in [0.25, 0.3) is 0 Å². The van der Waals surface area contributed by atoms with E-state index in [9.17, 15) is 12.8 Å². The van der Waals surface area contributed by atoms with Crippen LogP contribution in [0.2, 0.25) is 0 Å². The van der Waals surface area contributed by atoms with Crippen molar-refractivity contribution < 1.29 is 12.8 Å². The Labute approximate surface area is 108 Å². The second kappa shape index (κ2) is 3.89. The Balaban J connectivity index is 2.21. The Morgan fingerprint density at radius 3 is 2.89 bits per heavy atom. The van der Waals surface area contributed by atoms with Gasteiger partial charge < -0.3 is 9.55 Å². The third-order valence-electron chi connectivity index (χ3n) is 3.28. The normalized spacial score (nSPS) is 22.6. The Morgan fingerprint density at radius 2 is 2.22 bits per heavy atom. The first-order chi connectivity index (χ1) is 8.48. The maximum atomic E-state index is 13.6. The lowest BCUT2D eigenvalue weighted by Gasteiger charge is -2.10.